The van der Waals surface area contributed by atoms with Crippen LogP contribution >= 0.6 is 8.46 Å². The maximum atomic E-state index is 11.5. The predicted octanol–water partition coefficient (Wildman–Crippen LogP) is 1.96. The maximum Gasteiger partial charge on any atom is 0.307 e. The van der Waals surface area contributed by atoms with Crippen molar-refractivity contribution in [3.8, 4) is 0 Å². The van der Waals surface area contributed by atoms with Gasteiger partial charge in [0.2, 0.25) is 0 Å². The lowest BCUT2D eigenvalue weighted by Gasteiger charge is -2.09. The van der Waals surface area contributed by atoms with Gasteiger partial charge in [-0.05, 0) is 5.56 Å². The molecule has 0 fully saturated rings. The molecule has 0 aliphatic rings. The Morgan fingerprint density at radius 2 is 1.95 bits per heavy atom. The smallest absolute Gasteiger partial charge is 0.307 e. The molecule has 1 atom stereocenters. The summed E-state index contributed by atoms with van der Waals surface area (Å²) in [5.41, 5.74) is 0.458. The Kier molecular flexibility index (Phi) is 7.98. The fraction of sp³-hybridized carbons (Fsp3) is 0.462. The van der Waals surface area contributed by atoms with Crippen molar-refractivity contribution in [1.29, 1.82) is 0 Å². The molecule has 0 spiro atoms. The average Bonchev–Trinajstić information content (AvgIpc) is 2.45. The Balaban J connectivity index is 2.32. The molecule has 1 rings (SSSR count). The van der Waals surface area contributed by atoms with Crippen molar-refractivity contribution in [2.45, 2.75) is 12.1 Å². The third kappa shape index (κ3) is 6.43. The van der Waals surface area contributed by atoms with E-state index in [0.29, 0.717) is 0 Å². The number of hydrogen-bond donors (Lipinski definition) is 1. The van der Waals surface area contributed by atoms with E-state index in [1.54, 1.807) is 0 Å². The molecule has 0 radical (unpaired) electrons. The molecule has 0 amide bonds. The van der Waals surface area contributed by atoms with Gasteiger partial charge in [-0.1, -0.05) is 30.3 Å². The van der Waals surface area contributed by atoms with E-state index in [4.69, 9.17) is 14.6 Å². The summed E-state index contributed by atoms with van der Waals surface area (Å²) in [6, 6.07) is 9.18. The second-order valence-electron chi connectivity index (χ2n) is 3.79. The highest BCUT2D eigenvalue weighted by Gasteiger charge is 2.17. The molecule has 0 aliphatic heterocycles. The second kappa shape index (κ2) is 9.62. The number of aliphatic hydroxyl groups is 1. The van der Waals surface area contributed by atoms with Crippen molar-refractivity contribution in [2.75, 3.05) is 26.4 Å². The van der Waals surface area contributed by atoms with Gasteiger partial charge in [0.1, 0.15) is 6.61 Å². The number of esters is 1. The van der Waals surface area contributed by atoms with E-state index in [1.165, 1.54) is 0 Å². The minimum absolute atomic E-state index is 0.0565. The van der Waals surface area contributed by atoms with Crippen molar-refractivity contribution in [3.63, 3.8) is 0 Å². The van der Waals surface area contributed by atoms with Crippen molar-refractivity contribution in [1.82, 2.24) is 0 Å². The quantitative estimate of drug-likeness (QED) is 0.426. The van der Waals surface area contributed by atoms with E-state index in [1.807, 2.05) is 30.3 Å². The van der Waals surface area contributed by atoms with Gasteiger partial charge in [0.05, 0.1) is 31.9 Å². The van der Waals surface area contributed by atoms with Gasteiger partial charge in [0.25, 0.3) is 0 Å². The van der Waals surface area contributed by atoms with Crippen LogP contribution in [-0.4, -0.2) is 37.5 Å². The molecule has 0 bridgehead atoms. The van der Waals surface area contributed by atoms with Crippen molar-refractivity contribution < 1.29 is 23.9 Å². The van der Waals surface area contributed by atoms with Crippen LogP contribution in [0, 0.1) is 0 Å². The van der Waals surface area contributed by atoms with E-state index in [-0.39, 0.29) is 47.0 Å². The minimum atomic E-state index is -0.412. The van der Waals surface area contributed by atoms with E-state index in [9.17, 15) is 9.36 Å². The molecule has 0 aliphatic carbocycles. The predicted molar refractivity (Wildman–Crippen MR) is 70.3 cm³/mol. The van der Waals surface area contributed by atoms with Crippen molar-refractivity contribution >= 4 is 14.4 Å². The number of ether oxygens (including phenoxy) is 2. The monoisotopic (exact) mass is 284 g/mol. The first kappa shape index (κ1) is 15.8. The first-order chi connectivity index (χ1) is 9.27. The van der Waals surface area contributed by atoms with Crippen LogP contribution in [0.25, 0.3) is 0 Å². The summed E-state index contributed by atoms with van der Waals surface area (Å²) in [4.78, 5) is 11.5. The number of benzene rings is 1. The number of carbonyl (C=O) groups excluding carboxylic acids is 1. The van der Waals surface area contributed by atoms with Crippen LogP contribution < -0.4 is 0 Å². The van der Waals surface area contributed by atoms with Crippen LogP contribution in [0.15, 0.2) is 30.3 Å². The SMILES string of the molecule is O=PC(CC(=O)OCCOCCO)c1ccccc1. The molecular weight excluding hydrogens is 267 g/mol. The van der Waals surface area contributed by atoms with Gasteiger partial charge in [0, 0.05) is 0 Å². The standard InChI is InChI=1S/C13H17O5P/c14-6-7-17-8-9-18-13(15)10-12(19-16)11-4-2-1-3-5-11/h1-5,12,14H,6-10H2. The molecule has 104 valence electrons. The van der Waals surface area contributed by atoms with Gasteiger partial charge < -0.3 is 14.6 Å². The third-order valence-corrected chi connectivity index (χ3v) is 3.13. The largest absolute Gasteiger partial charge is 0.463 e. The molecule has 0 heterocycles. The molecule has 1 aromatic carbocycles. The van der Waals surface area contributed by atoms with Gasteiger partial charge >= 0.3 is 5.97 Å². The van der Waals surface area contributed by atoms with Gasteiger partial charge in [-0.3, -0.25) is 9.36 Å². The molecule has 19 heavy (non-hydrogen) atoms. The molecule has 0 saturated carbocycles. The van der Waals surface area contributed by atoms with E-state index in [2.05, 4.69) is 0 Å². The molecular formula is C13H17O5P. The summed E-state index contributed by atoms with van der Waals surface area (Å²) in [5, 5.41) is 8.48. The molecule has 1 unspecified atom stereocenters. The highest BCUT2D eigenvalue weighted by molar-refractivity contribution is 7.24. The van der Waals surface area contributed by atoms with Crippen molar-refractivity contribution in [2.24, 2.45) is 0 Å². The summed E-state index contributed by atoms with van der Waals surface area (Å²) in [6.07, 6.45) is 0.0646. The molecule has 0 saturated heterocycles. The lowest BCUT2D eigenvalue weighted by molar-refractivity contribution is -0.145. The highest BCUT2D eigenvalue weighted by Crippen LogP contribution is 2.30. The highest BCUT2D eigenvalue weighted by atomic mass is 31.1. The summed E-state index contributed by atoms with van der Waals surface area (Å²) >= 11 is 0. The lowest BCUT2D eigenvalue weighted by Crippen LogP contribution is -2.13. The zero-order chi connectivity index (χ0) is 13.9. The molecule has 6 heteroatoms. The fourth-order valence-electron chi connectivity index (χ4n) is 1.49. The molecule has 1 aromatic rings. The Hall–Kier alpha value is -1.29. The Labute approximate surface area is 113 Å². The van der Waals surface area contributed by atoms with E-state index < -0.39 is 5.97 Å². The Morgan fingerprint density at radius 1 is 1.21 bits per heavy atom. The maximum absolute atomic E-state index is 11.5. The van der Waals surface area contributed by atoms with Gasteiger partial charge in [-0.15, -0.1) is 0 Å². The van der Waals surface area contributed by atoms with Crippen LogP contribution in [0.5, 0.6) is 0 Å². The summed E-state index contributed by atoms with van der Waals surface area (Å²) < 4.78 is 21.0. The van der Waals surface area contributed by atoms with Crippen molar-refractivity contribution in [3.05, 3.63) is 35.9 Å². The summed E-state index contributed by atoms with van der Waals surface area (Å²) in [6.45, 7) is 0.552. The Morgan fingerprint density at radius 3 is 2.58 bits per heavy atom. The Bertz CT molecular complexity index is 382. The van der Waals surface area contributed by atoms with Gasteiger partial charge in [-0.25, -0.2) is 0 Å². The van der Waals surface area contributed by atoms with Gasteiger partial charge in [-0.2, -0.15) is 0 Å². The first-order valence-corrected chi connectivity index (χ1v) is 6.87. The van der Waals surface area contributed by atoms with E-state index >= 15 is 0 Å². The van der Waals surface area contributed by atoms with Crippen LogP contribution in [0.1, 0.15) is 17.6 Å². The van der Waals surface area contributed by atoms with E-state index in [0.717, 1.165) is 5.56 Å². The number of hydrogen-bond acceptors (Lipinski definition) is 5. The topological polar surface area (TPSA) is 72.8 Å². The number of carbonyl (C=O) groups is 1. The molecule has 5 nitrogen and oxygen atoms in total. The number of rotatable bonds is 9. The third-order valence-electron chi connectivity index (χ3n) is 2.40. The van der Waals surface area contributed by atoms with Crippen LogP contribution in [0.2, 0.25) is 0 Å². The van der Waals surface area contributed by atoms with Crippen LogP contribution in [0.3, 0.4) is 0 Å². The summed E-state index contributed by atoms with van der Waals surface area (Å²) in [5.74, 6) is -0.412. The van der Waals surface area contributed by atoms with Gasteiger partial charge in [0.15, 0.2) is 8.46 Å². The number of aliphatic hydroxyl groups excluding tert-OH is 1. The molecule has 0 aromatic heterocycles. The average molecular weight is 284 g/mol. The first-order valence-electron chi connectivity index (χ1n) is 5.99. The van der Waals surface area contributed by atoms with Crippen LogP contribution in [0.4, 0.5) is 0 Å². The summed E-state index contributed by atoms with van der Waals surface area (Å²) in [7, 11) is -0.104. The second-order valence-corrected chi connectivity index (χ2v) is 4.63. The zero-order valence-electron chi connectivity index (χ0n) is 10.5. The fourth-order valence-corrected chi connectivity index (χ4v) is 2.01. The molecule has 1 N–H and O–H groups in total. The zero-order valence-corrected chi connectivity index (χ0v) is 11.4. The lowest BCUT2D eigenvalue weighted by atomic mass is 10.1. The van der Waals surface area contributed by atoms with Crippen LogP contribution in [-0.2, 0) is 18.8 Å². The minimum Gasteiger partial charge on any atom is -0.463 e. The normalized spacial score (nSPS) is 12.3.